The fraction of sp³-hybridized carbons (Fsp3) is 0.176. The van der Waals surface area contributed by atoms with Crippen molar-refractivity contribution in [3.8, 4) is 0 Å². The minimum atomic E-state index is -0.535. The Morgan fingerprint density at radius 2 is 1.81 bits per heavy atom. The predicted octanol–water partition coefficient (Wildman–Crippen LogP) is 3.91. The fourth-order valence-corrected chi connectivity index (χ4v) is 2.87. The quantitative estimate of drug-likeness (QED) is 0.331. The van der Waals surface area contributed by atoms with Crippen LogP contribution in [0.4, 0.5) is 11.4 Å². The van der Waals surface area contributed by atoms with Crippen molar-refractivity contribution >= 4 is 46.6 Å². The lowest BCUT2D eigenvalue weighted by molar-refractivity contribution is -0.384. The number of nitro groups is 1. The van der Waals surface area contributed by atoms with Gasteiger partial charge in [-0.05, 0) is 43.3 Å². The Balaban J connectivity index is 1.79. The molecule has 2 aromatic rings. The highest BCUT2D eigenvalue weighted by Crippen LogP contribution is 2.25. The maximum atomic E-state index is 12.0. The first-order valence-corrected chi connectivity index (χ1v) is 8.74. The molecule has 2 rings (SSSR count). The summed E-state index contributed by atoms with van der Waals surface area (Å²) in [5.41, 5.74) is 0.294. The molecule has 0 radical (unpaired) electrons. The molecule has 0 saturated heterocycles. The number of non-ortho nitro benzene ring substituents is 1. The zero-order valence-electron chi connectivity index (χ0n) is 13.7. The first-order valence-electron chi connectivity index (χ1n) is 7.48. The van der Waals surface area contributed by atoms with E-state index in [-0.39, 0.29) is 5.69 Å². The lowest BCUT2D eigenvalue weighted by atomic mass is 10.3. The number of halogens is 1. The van der Waals surface area contributed by atoms with Crippen LogP contribution in [-0.4, -0.2) is 28.7 Å². The SMILES string of the molecule is C[C@@H](Sc1ccc(Cl)cc1)C(=O)OCC(=O)Nc1ccc([N+](=O)[O-])cc1. The van der Waals surface area contributed by atoms with E-state index in [9.17, 15) is 19.7 Å². The third-order valence-corrected chi connectivity index (χ3v) is 4.51. The fourth-order valence-electron chi connectivity index (χ4n) is 1.88. The number of hydrogen-bond donors (Lipinski definition) is 1. The van der Waals surface area contributed by atoms with Gasteiger partial charge >= 0.3 is 5.97 Å². The van der Waals surface area contributed by atoms with Crippen molar-refractivity contribution in [1.29, 1.82) is 0 Å². The molecule has 0 aromatic heterocycles. The zero-order valence-corrected chi connectivity index (χ0v) is 15.3. The van der Waals surface area contributed by atoms with E-state index in [1.807, 2.05) is 0 Å². The average molecular weight is 395 g/mol. The third-order valence-electron chi connectivity index (χ3n) is 3.17. The summed E-state index contributed by atoms with van der Waals surface area (Å²) < 4.78 is 4.99. The van der Waals surface area contributed by atoms with Crippen LogP contribution in [0.15, 0.2) is 53.4 Å². The number of amides is 1. The minimum Gasteiger partial charge on any atom is -0.455 e. The average Bonchev–Trinajstić information content (AvgIpc) is 2.62. The van der Waals surface area contributed by atoms with Gasteiger partial charge in [0.15, 0.2) is 6.61 Å². The molecular weight excluding hydrogens is 380 g/mol. The Kier molecular flexibility index (Phi) is 6.99. The van der Waals surface area contributed by atoms with Gasteiger partial charge in [0.1, 0.15) is 5.25 Å². The molecule has 1 N–H and O–H groups in total. The van der Waals surface area contributed by atoms with Crippen molar-refractivity contribution in [2.24, 2.45) is 0 Å². The number of hydrogen-bond acceptors (Lipinski definition) is 6. The second kappa shape index (κ2) is 9.21. The lowest BCUT2D eigenvalue weighted by Crippen LogP contribution is -2.24. The number of benzene rings is 2. The molecule has 0 aliphatic carbocycles. The third kappa shape index (κ3) is 6.05. The van der Waals surface area contributed by atoms with E-state index in [0.717, 1.165) is 4.90 Å². The van der Waals surface area contributed by atoms with Crippen LogP contribution in [0.5, 0.6) is 0 Å². The molecular formula is C17H15ClN2O5S. The van der Waals surface area contributed by atoms with Crippen LogP contribution >= 0.6 is 23.4 Å². The monoisotopic (exact) mass is 394 g/mol. The van der Waals surface area contributed by atoms with Gasteiger partial charge in [-0.1, -0.05) is 11.6 Å². The Bertz CT molecular complexity index is 796. The van der Waals surface area contributed by atoms with E-state index in [1.165, 1.54) is 36.0 Å². The first kappa shape index (κ1) is 19.7. The van der Waals surface area contributed by atoms with Crippen LogP contribution in [-0.2, 0) is 14.3 Å². The van der Waals surface area contributed by atoms with Crippen LogP contribution in [0.3, 0.4) is 0 Å². The molecule has 1 amide bonds. The molecule has 0 saturated carbocycles. The molecule has 0 fully saturated rings. The number of rotatable bonds is 7. The van der Waals surface area contributed by atoms with Crippen LogP contribution in [0, 0.1) is 10.1 Å². The van der Waals surface area contributed by atoms with Gasteiger partial charge < -0.3 is 10.1 Å². The van der Waals surface area contributed by atoms with Crippen molar-refractivity contribution in [3.05, 3.63) is 63.7 Å². The van der Waals surface area contributed by atoms with Crippen LogP contribution in [0.2, 0.25) is 5.02 Å². The number of esters is 1. The number of nitrogens with zero attached hydrogens (tertiary/aromatic N) is 1. The Hall–Kier alpha value is -2.58. The smallest absolute Gasteiger partial charge is 0.319 e. The Morgan fingerprint density at radius 1 is 1.19 bits per heavy atom. The molecule has 0 aliphatic rings. The topological polar surface area (TPSA) is 98.5 Å². The van der Waals surface area contributed by atoms with E-state index in [0.29, 0.717) is 10.7 Å². The van der Waals surface area contributed by atoms with Crippen LogP contribution in [0.25, 0.3) is 0 Å². The number of carbonyl (C=O) groups is 2. The minimum absolute atomic E-state index is 0.0810. The van der Waals surface area contributed by atoms with Crippen LogP contribution in [0.1, 0.15) is 6.92 Å². The van der Waals surface area contributed by atoms with Gasteiger partial charge in [0, 0.05) is 27.7 Å². The van der Waals surface area contributed by atoms with Crippen molar-refractivity contribution in [2.75, 3.05) is 11.9 Å². The summed E-state index contributed by atoms with van der Waals surface area (Å²) in [7, 11) is 0. The summed E-state index contributed by atoms with van der Waals surface area (Å²) in [5, 5.41) is 13.2. The molecule has 0 heterocycles. The van der Waals surface area contributed by atoms with Crippen molar-refractivity contribution in [3.63, 3.8) is 0 Å². The molecule has 0 spiro atoms. The summed E-state index contributed by atoms with van der Waals surface area (Å²) in [5.74, 6) is -1.06. The summed E-state index contributed by atoms with van der Waals surface area (Å²) in [6.07, 6.45) is 0. The lowest BCUT2D eigenvalue weighted by Gasteiger charge is -2.11. The number of carbonyl (C=O) groups excluding carboxylic acids is 2. The molecule has 0 bridgehead atoms. The Morgan fingerprint density at radius 3 is 2.38 bits per heavy atom. The van der Waals surface area contributed by atoms with E-state index in [1.54, 1.807) is 31.2 Å². The summed E-state index contributed by atoms with van der Waals surface area (Å²) in [6, 6.07) is 12.4. The zero-order chi connectivity index (χ0) is 19.1. The summed E-state index contributed by atoms with van der Waals surface area (Å²) in [6.45, 7) is 1.23. The number of thioether (sulfide) groups is 1. The van der Waals surface area contributed by atoms with E-state index in [4.69, 9.17) is 16.3 Å². The van der Waals surface area contributed by atoms with Gasteiger partial charge in [-0.2, -0.15) is 0 Å². The first-order chi connectivity index (χ1) is 12.3. The molecule has 1 atom stereocenters. The van der Waals surface area contributed by atoms with Crippen LogP contribution < -0.4 is 5.32 Å². The number of anilines is 1. The van der Waals surface area contributed by atoms with Crippen molar-refractivity contribution < 1.29 is 19.2 Å². The van der Waals surface area contributed by atoms with Crippen molar-refractivity contribution in [1.82, 2.24) is 0 Å². The predicted molar refractivity (Wildman–Crippen MR) is 99.5 cm³/mol. The van der Waals surface area contributed by atoms with Gasteiger partial charge in [0.2, 0.25) is 0 Å². The highest BCUT2D eigenvalue weighted by Gasteiger charge is 2.17. The van der Waals surface area contributed by atoms with Gasteiger partial charge in [-0.15, -0.1) is 11.8 Å². The molecule has 0 unspecified atom stereocenters. The van der Waals surface area contributed by atoms with Crippen molar-refractivity contribution in [2.45, 2.75) is 17.1 Å². The largest absolute Gasteiger partial charge is 0.455 e. The van der Waals surface area contributed by atoms with Gasteiger partial charge in [0.05, 0.1) is 4.92 Å². The molecule has 9 heteroatoms. The van der Waals surface area contributed by atoms with E-state index < -0.39 is 28.7 Å². The normalized spacial score (nSPS) is 11.5. The Labute approximate surface area is 158 Å². The number of nitro benzene ring substituents is 1. The summed E-state index contributed by atoms with van der Waals surface area (Å²) >= 11 is 7.10. The standard InChI is InChI=1S/C17H15ClN2O5S/c1-11(26-15-8-2-12(18)3-9-15)17(22)25-10-16(21)19-13-4-6-14(7-5-13)20(23)24/h2-9,11H,10H2,1H3,(H,19,21)/t11-/m1/s1. The van der Waals surface area contributed by atoms with Gasteiger partial charge in [0.25, 0.3) is 11.6 Å². The number of ether oxygens (including phenoxy) is 1. The van der Waals surface area contributed by atoms with Gasteiger partial charge in [-0.25, -0.2) is 0 Å². The number of nitrogens with one attached hydrogen (secondary N) is 1. The molecule has 136 valence electrons. The molecule has 2 aromatic carbocycles. The maximum absolute atomic E-state index is 12.0. The summed E-state index contributed by atoms with van der Waals surface area (Å²) in [4.78, 5) is 34.7. The second-order valence-electron chi connectivity index (χ2n) is 5.17. The molecule has 0 aliphatic heterocycles. The van der Waals surface area contributed by atoms with Gasteiger partial charge in [-0.3, -0.25) is 19.7 Å². The highest BCUT2D eigenvalue weighted by molar-refractivity contribution is 8.00. The van der Waals surface area contributed by atoms with E-state index in [2.05, 4.69) is 5.32 Å². The second-order valence-corrected chi connectivity index (χ2v) is 7.02. The maximum Gasteiger partial charge on any atom is 0.319 e. The molecule has 7 nitrogen and oxygen atoms in total. The highest BCUT2D eigenvalue weighted by atomic mass is 35.5. The molecule has 26 heavy (non-hydrogen) atoms. The van der Waals surface area contributed by atoms with E-state index >= 15 is 0 Å².